The second kappa shape index (κ2) is 8.88. The number of carbonyl (C=O) groups excluding carboxylic acids is 1. The fourth-order valence-electron chi connectivity index (χ4n) is 2.61. The number of rotatable bonds is 7. The monoisotopic (exact) mass is 305 g/mol. The molecule has 0 aliphatic carbocycles. The lowest BCUT2D eigenvalue weighted by Crippen LogP contribution is -2.49. The number of nitrogens with one attached hydrogen (secondary N) is 1. The lowest BCUT2D eigenvalue weighted by atomic mass is 10.1. The van der Waals surface area contributed by atoms with E-state index >= 15 is 0 Å². The van der Waals surface area contributed by atoms with Gasteiger partial charge < -0.3 is 10.1 Å². The zero-order valence-corrected chi connectivity index (χ0v) is 13.7. The van der Waals surface area contributed by atoms with Gasteiger partial charge in [0.05, 0.1) is 13.2 Å². The zero-order chi connectivity index (χ0) is 15.8. The number of aryl methyl sites for hydroxylation is 1. The Kier molecular flexibility index (Phi) is 6.83. The number of amides is 1. The van der Waals surface area contributed by atoms with Gasteiger partial charge in [-0.25, -0.2) is 0 Å². The summed E-state index contributed by atoms with van der Waals surface area (Å²) in [5, 5.41) is 2.87. The van der Waals surface area contributed by atoms with Crippen LogP contribution in [0.25, 0.3) is 0 Å². The highest BCUT2D eigenvalue weighted by Gasteiger charge is 2.18. The highest BCUT2D eigenvalue weighted by atomic mass is 16.5. The number of piperazine rings is 1. The Bertz CT molecular complexity index is 453. The minimum Gasteiger partial charge on any atom is -0.383 e. The Labute approximate surface area is 133 Å². The minimum absolute atomic E-state index is 0.0871. The zero-order valence-electron chi connectivity index (χ0n) is 13.7. The molecule has 0 bridgehead atoms. The quantitative estimate of drug-likeness (QED) is 0.760. The van der Waals surface area contributed by atoms with E-state index in [0.717, 1.165) is 32.7 Å². The summed E-state index contributed by atoms with van der Waals surface area (Å²) in [4.78, 5) is 16.4. The van der Waals surface area contributed by atoms with Crippen molar-refractivity contribution in [2.24, 2.45) is 0 Å². The van der Waals surface area contributed by atoms with Crippen LogP contribution in [0, 0.1) is 6.92 Å². The largest absolute Gasteiger partial charge is 0.383 e. The number of nitrogens with zero attached hydrogens (tertiary/aromatic N) is 2. The summed E-state index contributed by atoms with van der Waals surface area (Å²) in [7, 11) is 1.64. The number of hydrogen-bond donors (Lipinski definition) is 1. The molecule has 0 saturated carbocycles. The molecule has 1 aliphatic rings. The van der Waals surface area contributed by atoms with Crippen molar-refractivity contribution in [3.05, 3.63) is 35.4 Å². The van der Waals surface area contributed by atoms with Crippen LogP contribution in [0.1, 0.15) is 11.1 Å². The second-order valence-corrected chi connectivity index (χ2v) is 5.88. The molecule has 1 aromatic carbocycles. The topological polar surface area (TPSA) is 44.8 Å². The number of methoxy groups -OCH3 is 1. The van der Waals surface area contributed by atoms with Crippen molar-refractivity contribution in [1.82, 2.24) is 15.1 Å². The molecule has 1 amide bonds. The molecule has 1 aromatic rings. The molecule has 0 unspecified atom stereocenters. The van der Waals surface area contributed by atoms with Gasteiger partial charge in [-0.3, -0.25) is 14.6 Å². The Morgan fingerprint density at radius 1 is 1.14 bits per heavy atom. The first-order valence-electron chi connectivity index (χ1n) is 7.93. The predicted molar refractivity (Wildman–Crippen MR) is 87.8 cm³/mol. The number of benzene rings is 1. The van der Waals surface area contributed by atoms with Crippen molar-refractivity contribution in [3.8, 4) is 0 Å². The van der Waals surface area contributed by atoms with Gasteiger partial charge in [0, 0.05) is 46.4 Å². The molecule has 2 rings (SSSR count). The van der Waals surface area contributed by atoms with Crippen molar-refractivity contribution in [3.63, 3.8) is 0 Å². The fourth-order valence-corrected chi connectivity index (χ4v) is 2.61. The molecule has 1 saturated heterocycles. The van der Waals surface area contributed by atoms with E-state index in [1.165, 1.54) is 11.1 Å². The normalized spacial score (nSPS) is 16.6. The molecule has 122 valence electrons. The summed E-state index contributed by atoms with van der Waals surface area (Å²) in [5.41, 5.74) is 2.66. The van der Waals surface area contributed by atoms with Crippen LogP contribution in [0.4, 0.5) is 0 Å². The standard InChI is InChI=1S/C17H27N3O2/c1-15-3-5-16(6-4-15)13-19-8-10-20(11-9-19)14-17(21)18-7-12-22-2/h3-6H,7-14H2,1-2H3,(H,18,21). The van der Waals surface area contributed by atoms with Crippen LogP contribution in [0.15, 0.2) is 24.3 Å². The summed E-state index contributed by atoms with van der Waals surface area (Å²) in [6, 6.07) is 8.72. The summed E-state index contributed by atoms with van der Waals surface area (Å²) in [5.74, 6) is 0.0871. The van der Waals surface area contributed by atoms with E-state index in [4.69, 9.17) is 4.74 Å². The first-order chi connectivity index (χ1) is 10.7. The van der Waals surface area contributed by atoms with E-state index in [-0.39, 0.29) is 5.91 Å². The van der Waals surface area contributed by atoms with Crippen molar-refractivity contribution in [2.75, 3.05) is 53.0 Å². The molecule has 1 N–H and O–H groups in total. The molecule has 1 aliphatic heterocycles. The molecule has 0 atom stereocenters. The van der Waals surface area contributed by atoms with Gasteiger partial charge >= 0.3 is 0 Å². The molecular formula is C17H27N3O2. The maximum Gasteiger partial charge on any atom is 0.234 e. The smallest absolute Gasteiger partial charge is 0.234 e. The molecule has 5 nitrogen and oxygen atoms in total. The van der Waals surface area contributed by atoms with Gasteiger partial charge in [-0.05, 0) is 12.5 Å². The summed E-state index contributed by atoms with van der Waals surface area (Å²) >= 11 is 0. The molecule has 1 heterocycles. The van der Waals surface area contributed by atoms with Gasteiger partial charge in [-0.1, -0.05) is 29.8 Å². The molecule has 1 fully saturated rings. The van der Waals surface area contributed by atoms with Gasteiger partial charge in [0.25, 0.3) is 0 Å². The Morgan fingerprint density at radius 2 is 1.77 bits per heavy atom. The first-order valence-corrected chi connectivity index (χ1v) is 7.93. The maximum absolute atomic E-state index is 11.8. The molecule has 0 radical (unpaired) electrons. The second-order valence-electron chi connectivity index (χ2n) is 5.88. The third kappa shape index (κ3) is 5.75. The lowest BCUT2D eigenvalue weighted by Gasteiger charge is -2.34. The van der Waals surface area contributed by atoms with Crippen LogP contribution in [0.3, 0.4) is 0 Å². The molecular weight excluding hydrogens is 278 g/mol. The SMILES string of the molecule is COCCNC(=O)CN1CCN(Cc2ccc(C)cc2)CC1. The third-order valence-electron chi connectivity index (χ3n) is 3.99. The van der Waals surface area contributed by atoms with Gasteiger partial charge in [0.1, 0.15) is 0 Å². The van der Waals surface area contributed by atoms with Gasteiger partial charge in [-0.15, -0.1) is 0 Å². The highest BCUT2D eigenvalue weighted by molar-refractivity contribution is 5.77. The minimum atomic E-state index is 0.0871. The van der Waals surface area contributed by atoms with Crippen LogP contribution >= 0.6 is 0 Å². The third-order valence-corrected chi connectivity index (χ3v) is 3.99. The summed E-state index contributed by atoms with van der Waals surface area (Å²) in [6.07, 6.45) is 0. The van der Waals surface area contributed by atoms with Crippen molar-refractivity contribution < 1.29 is 9.53 Å². The highest BCUT2D eigenvalue weighted by Crippen LogP contribution is 2.09. The number of hydrogen-bond acceptors (Lipinski definition) is 4. The van der Waals surface area contributed by atoms with Crippen LogP contribution in [0.2, 0.25) is 0 Å². The van der Waals surface area contributed by atoms with Crippen LogP contribution in [-0.4, -0.2) is 68.7 Å². The average molecular weight is 305 g/mol. The van der Waals surface area contributed by atoms with Gasteiger partial charge in [-0.2, -0.15) is 0 Å². The maximum atomic E-state index is 11.8. The number of carbonyl (C=O) groups is 1. The first kappa shape index (κ1) is 16.9. The van der Waals surface area contributed by atoms with E-state index in [0.29, 0.717) is 19.7 Å². The van der Waals surface area contributed by atoms with E-state index in [1.807, 2.05) is 0 Å². The summed E-state index contributed by atoms with van der Waals surface area (Å²) in [6.45, 7) is 8.67. The summed E-state index contributed by atoms with van der Waals surface area (Å²) < 4.78 is 4.93. The van der Waals surface area contributed by atoms with Gasteiger partial charge in [0.15, 0.2) is 0 Å². The molecule has 0 spiro atoms. The lowest BCUT2D eigenvalue weighted by molar-refractivity contribution is -0.122. The van der Waals surface area contributed by atoms with Crippen LogP contribution in [-0.2, 0) is 16.1 Å². The van der Waals surface area contributed by atoms with Crippen molar-refractivity contribution in [1.29, 1.82) is 0 Å². The predicted octanol–water partition coefficient (Wildman–Crippen LogP) is 0.875. The Morgan fingerprint density at radius 3 is 2.41 bits per heavy atom. The Hall–Kier alpha value is -1.43. The van der Waals surface area contributed by atoms with Crippen LogP contribution < -0.4 is 5.32 Å². The van der Waals surface area contributed by atoms with Crippen molar-refractivity contribution >= 4 is 5.91 Å². The fraction of sp³-hybridized carbons (Fsp3) is 0.588. The molecule has 0 aromatic heterocycles. The van der Waals surface area contributed by atoms with E-state index in [1.54, 1.807) is 7.11 Å². The van der Waals surface area contributed by atoms with E-state index in [2.05, 4.69) is 46.3 Å². The molecule has 5 heteroatoms. The number of ether oxygens (including phenoxy) is 1. The van der Waals surface area contributed by atoms with Crippen molar-refractivity contribution in [2.45, 2.75) is 13.5 Å². The average Bonchev–Trinajstić information content (AvgIpc) is 2.52. The molecule has 22 heavy (non-hydrogen) atoms. The van der Waals surface area contributed by atoms with Crippen LogP contribution in [0.5, 0.6) is 0 Å². The Balaban J connectivity index is 1.67. The van der Waals surface area contributed by atoms with E-state index in [9.17, 15) is 4.79 Å². The van der Waals surface area contributed by atoms with E-state index < -0.39 is 0 Å². The van der Waals surface area contributed by atoms with Gasteiger partial charge in [0.2, 0.25) is 5.91 Å².